The van der Waals surface area contributed by atoms with Crippen LogP contribution in [0.25, 0.3) is 0 Å². The van der Waals surface area contributed by atoms with Gasteiger partial charge in [0.2, 0.25) is 5.91 Å². The molecule has 2 nitrogen and oxygen atoms in total. The van der Waals surface area contributed by atoms with Crippen LogP contribution in [0.1, 0.15) is 65.7 Å². The summed E-state index contributed by atoms with van der Waals surface area (Å²) in [7, 11) is 0. The second-order valence-electron chi connectivity index (χ2n) is 5.41. The van der Waals surface area contributed by atoms with Gasteiger partial charge in [0.1, 0.15) is 0 Å². The summed E-state index contributed by atoms with van der Waals surface area (Å²) in [4.78, 5) is 14.6. The minimum atomic E-state index is -0.0882. The zero-order valence-electron chi connectivity index (χ0n) is 11.2. The van der Waals surface area contributed by atoms with E-state index < -0.39 is 0 Å². The lowest BCUT2D eigenvalue weighted by molar-refractivity contribution is -0.141. The fourth-order valence-corrected chi connectivity index (χ4v) is 2.76. The summed E-state index contributed by atoms with van der Waals surface area (Å²) in [5, 5.41) is 0. The zero-order chi connectivity index (χ0) is 12.0. The molecule has 0 radical (unpaired) electrons. The topological polar surface area (TPSA) is 20.3 Å². The van der Waals surface area contributed by atoms with Crippen molar-refractivity contribution >= 4 is 5.91 Å². The molecular weight excluding hydrogens is 198 g/mol. The van der Waals surface area contributed by atoms with Crippen molar-refractivity contribution in [3.05, 3.63) is 0 Å². The van der Waals surface area contributed by atoms with Gasteiger partial charge in [0.15, 0.2) is 0 Å². The van der Waals surface area contributed by atoms with E-state index in [-0.39, 0.29) is 5.41 Å². The molecule has 1 aliphatic heterocycles. The molecule has 1 heterocycles. The zero-order valence-corrected chi connectivity index (χ0v) is 11.2. The van der Waals surface area contributed by atoms with E-state index in [0.29, 0.717) is 5.91 Å². The number of hydrogen-bond donors (Lipinski definition) is 0. The Morgan fingerprint density at radius 2 is 1.75 bits per heavy atom. The van der Waals surface area contributed by atoms with Gasteiger partial charge in [-0.05, 0) is 25.7 Å². The maximum absolute atomic E-state index is 12.5. The molecule has 0 spiro atoms. The van der Waals surface area contributed by atoms with E-state index in [0.717, 1.165) is 32.4 Å². The molecule has 16 heavy (non-hydrogen) atoms. The molecule has 0 bridgehead atoms. The van der Waals surface area contributed by atoms with Crippen molar-refractivity contribution in [3.8, 4) is 0 Å². The van der Waals surface area contributed by atoms with Crippen LogP contribution in [-0.4, -0.2) is 23.9 Å². The maximum atomic E-state index is 12.5. The predicted molar refractivity (Wildman–Crippen MR) is 68.4 cm³/mol. The number of carbonyl (C=O) groups excluding carboxylic acids is 1. The quantitative estimate of drug-likeness (QED) is 0.676. The number of carbonyl (C=O) groups is 1. The smallest absolute Gasteiger partial charge is 0.228 e. The van der Waals surface area contributed by atoms with Crippen molar-refractivity contribution in [2.45, 2.75) is 65.7 Å². The van der Waals surface area contributed by atoms with Gasteiger partial charge in [0.05, 0.1) is 0 Å². The molecule has 1 unspecified atom stereocenters. The number of amides is 1. The van der Waals surface area contributed by atoms with Gasteiger partial charge < -0.3 is 4.90 Å². The Bertz CT molecular complexity index is 221. The summed E-state index contributed by atoms with van der Waals surface area (Å²) in [5.74, 6) is 0.417. The third kappa shape index (κ3) is 3.23. The van der Waals surface area contributed by atoms with Gasteiger partial charge >= 0.3 is 0 Å². The number of hydrogen-bond acceptors (Lipinski definition) is 1. The van der Waals surface area contributed by atoms with E-state index in [1.54, 1.807) is 0 Å². The van der Waals surface area contributed by atoms with Crippen LogP contribution in [0.3, 0.4) is 0 Å². The van der Waals surface area contributed by atoms with Crippen molar-refractivity contribution < 1.29 is 4.79 Å². The second-order valence-corrected chi connectivity index (χ2v) is 5.41. The van der Waals surface area contributed by atoms with Crippen molar-refractivity contribution in [1.29, 1.82) is 0 Å². The molecule has 1 fully saturated rings. The molecule has 1 saturated heterocycles. The first-order chi connectivity index (χ1) is 7.64. The van der Waals surface area contributed by atoms with Gasteiger partial charge in [-0.1, -0.05) is 40.0 Å². The predicted octanol–water partition coefficient (Wildman–Crippen LogP) is 3.61. The highest BCUT2D eigenvalue weighted by Gasteiger charge is 2.35. The highest BCUT2D eigenvalue weighted by molar-refractivity contribution is 5.82. The van der Waals surface area contributed by atoms with E-state index in [1.165, 1.54) is 25.7 Å². The molecule has 94 valence electrons. The first-order valence-corrected chi connectivity index (χ1v) is 6.93. The monoisotopic (exact) mass is 225 g/mol. The summed E-state index contributed by atoms with van der Waals surface area (Å²) in [6, 6.07) is 0. The first kappa shape index (κ1) is 13.5. The normalized spacial score (nSPS) is 19.8. The van der Waals surface area contributed by atoms with Crippen LogP contribution >= 0.6 is 0 Å². The third-order valence-corrected chi connectivity index (χ3v) is 3.79. The lowest BCUT2D eigenvalue weighted by Crippen LogP contribution is -2.40. The lowest BCUT2D eigenvalue weighted by atomic mass is 9.79. The summed E-state index contributed by atoms with van der Waals surface area (Å²) in [6.07, 6.45) is 7.97. The van der Waals surface area contributed by atoms with E-state index in [9.17, 15) is 4.79 Å². The summed E-state index contributed by atoms with van der Waals surface area (Å²) in [5.41, 5.74) is -0.0882. The summed E-state index contributed by atoms with van der Waals surface area (Å²) >= 11 is 0. The number of likely N-dealkylation sites (tertiary alicyclic amines) is 1. The first-order valence-electron chi connectivity index (χ1n) is 6.93. The van der Waals surface area contributed by atoms with Crippen LogP contribution in [0.15, 0.2) is 0 Å². The fourth-order valence-electron chi connectivity index (χ4n) is 2.76. The van der Waals surface area contributed by atoms with Crippen molar-refractivity contribution in [3.63, 3.8) is 0 Å². The summed E-state index contributed by atoms with van der Waals surface area (Å²) in [6.45, 7) is 8.54. The van der Waals surface area contributed by atoms with Gasteiger partial charge in [-0.3, -0.25) is 4.79 Å². The minimum absolute atomic E-state index is 0.0882. The van der Waals surface area contributed by atoms with Crippen molar-refractivity contribution in [2.24, 2.45) is 5.41 Å². The Kier molecular flexibility index (Phi) is 5.30. The molecule has 0 saturated carbocycles. The molecule has 0 aromatic heterocycles. The Labute approximate surface area is 100 Å². The number of nitrogens with zero attached hydrogens (tertiary/aromatic N) is 1. The Balaban J connectivity index is 2.62. The lowest BCUT2D eigenvalue weighted by Gasteiger charge is -2.32. The van der Waals surface area contributed by atoms with Crippen molar-refractivity contribution in [1.82, 2.24) is 4.90 Å². The highest BCUT2D eigenvalue weighted by Crippen LogP contribution is 2.33. The SMILES string of the molecule is CCCCC(C)(CCC)C(=O)N1CCCC1. The largest absolute Gasteiger partial charge is 0.342 e. The number of rotatable bonds is 6. The van der Waals surface area contributed by atoms with Gasteiger partial charge in [-0.2, -0.15) is 0 Å². The molecule has 1 rings (SSSR count). The molecule has 0 aromatic rings. The molecule has 1 aliphatic rings. The van der Waals surface area contributed by atoms with Crippen LogP contribution < -0.4 is 0 Å². The second kappa shape index (κ2) is 6.27. The van der Waals surface area contributed by atoms with E-state index >= 15 is 0 Å². The molecular formula is C14H27NO. The van der Waals surface area contributed by atoms with Crippen LogP contribution in [0.5, 0.6) is 0 Å². The average molecular weight is 225 g/mol. The fraction of sp³-hybridized carbons (Fsp3) is 0.929. The van der Waals surface area contributed by atoms with Gasteiger partial charge in [0.25, 0.3) is 0 Å². The van der Waals surface area contributed by atoms with Gasteiger partial charge in [-0.25, -0.2) is 0 Å². The van der Waals surface area contributed by atoms with Gasteiger partial charge in [0, 0.05) is 18.5 Å². The van der Waals surface area contributed by atoms with Crippen LogP contribution in [-0.2, 0) is 4.79 Å². The highest BCUT2D eigenvalue weighted by atomic mass is 16.2. The standard InChI is InChI=1S/C14H27NO/c1-4-6-10-14(3,9-5-2)13(16)15-11-7-8-12-15/h4-12H2,1-3H3. The van der Waals surface area contributed by atoms with E-state index in [2.05, 4.69) is 25.7 Å². The van der Waals surface area contributed by atoms with Crippen LogP contribution in [0.2, 0.25) is 0 Å². The molecule has 0 N–H and O–H groups in total. The van der Waals surface area contributed by atoms with E-state index in [4.69, 9.17) is 0 Å². The Morgan fingerprint density at radius 1 is 1.12 bits per heavy atom. The minimum Gasteiger partial charge on any atom is -0.342 e. The molecule has 2 heteroatoms. The maximum Gasteiger partial charge on any atom is 0.228 e. The van der Waals surface area contributed by atoms with Crippen molar-refractivity contribution in [2.75, 3.05) is 13.1 Å². The summed E-state index contributed by atoms with van der Waals surface area (Å²) < 4.78 is 0. The molecule has 0 aliphatic carbocycles. The Morgan fingerprint density at radius 3 is 2.25 bits per heavy atom. The molecule has 1 amide bonds. The third-order valence-electron chi connectivity index (χ3n) is 3.79. The Hall–Kier alpha value is -0.530. The van der Waals surface area contributed by atoms with Crippen LogP contribution in [0.4, 0.5) is 0 Å². The van der Waals surface area contributed by atoms with Crippen LogP contribution in [0, 0.1) is 5.41 Å². The van der Waals surface area contributed by atoms with E-state index in [1.807, 2.05) is 0 Å². The molecule has 0 aromatic carbocycles. The molecule has 1 atom stereocenters. The average Bonchev–Trinajstić information content (AvgIpc) is 2.79. The van der Waals surface area contributed by atoms with Gasteiger partial charge in [-0.15, -0.1) is 0 Å². The number of unbranched alkanes of at least 4 members (excludes halogenated alkanes) is 1.